The zero-order valence-electron chi connectivity index (χ0n) is 15.7. The molecule has 2 aliphatic rings. The molecule has 1 saturated heterocycles. The van der Waals surface area contributed by atoms with Crippen molar-refractivity contribution in [1.29, 1.82) is 0 Å². The summed E-state index contributed by atoms with van der Waals surface area (Å²) in [5, 5.41) is 1.04. The van der Waals surface area contributed by atoms with E-state index in [9.17, 15) is 9.59 Å². The van der Waals surface area contributed by atoms with Gasteiger partial charge in [-0.25, -0.2) is 4.98 Å². The predicted octanol–water partition coefficient (Wildman–Crippen LogP) is 2.72. The summed E-state index contributed by atoms with van der Waals surface area (Å²) >= 11 is 6.14. The number of anilines is 1. The number of aromatic amines is 1. The number of hydrogen-bond donors (Lipinski definition) is 1. The molecule has 148 valence electrons. The fraction of sp³-hybridized carbons (Fsp3) is 0.333. The van der Waals surface area contributed by atoms with E-state index in [1.54, 1.807) is 6.20 Å². The lowest BCUT2D eigenvalue weighted by molar-refractivity contribution is 0.0964. The van der Waals surface area contributed by atoms with E-state index in [2.05, 4.69) is 15.0 Å². The molecule has 8 heteroatoms. The quantitative estimate of drug-likeness (QED) is 0.698. The van der Waals surface area contributed by atoms with Crippen LogP contribution in [0.5, 0.6) is 0 Å². The van der Waals surface area contributed by atoms with Gasteiger partial charge in [-0.15, -0.1) is 0 Å². The Hall–Kier alpha value is -2.77. The summed E-state index contributed by atoms with van der Waals surface area (Å²) in [6, 6.07) is 7.54. The average Bonchev–Trinajstić information content (AvgIpc) is 2.73. The molecule has 0 amide bonds. The highest BCUT2D eigenvalue weighted by atomic mass is 35.5. The third-order valence-corrected chi connectivity index (χ3v) is 5.88. The number of halogens is 1. The van der Waals surface area contributed by atoms with Crippen molar-refractivity contribution in [2.45, 2.75) is 18.8 Å². The summed E-state index contributed by atoms with van der Waals surface area (Å²) in [4.78, 5) is 39.6. The Bertz CT molecular complexity index is 1170. The molecule has 0 radical (unpaired) electrons. The molecule has 1 fully saturated rings. The number of pyridine rings is 1. The van der Waals surface area contributed by atoms with Crippen molar-refractivity contribution in [2.75, 3.05) is 31.2 Å². The number of Topliss-reactive ketones (excluding diaryl/α,β-unsaturated/α-hetero) is 1. The van der Waals surface area contributed by atoms with Crippen molar-refractivity contribution >= 4 is 34.4 Å². The van der Waals surface area contributed by atoms with Crippen LogP contribution < -0.4 is 10.5 Å². The molecule has 29 heavy (non-hydrogen) atoms. The zero-order valence-corrected chi connectivity index (χ0v) is 16.4. The Kier molecular flexibility index (Phi) is 4.56. The fourth-order valence-corrected chi connectivity index (χ4v) is 4.38. The SMILES string of the molecule is O=C1CC(c2cccc(Cl)c2)Cc2c1cnc1nc(N3CCOCC3)[nH]c(=O)c21. The third-order valence-electron chi connectivity index (χ3n) is 5.64. The first-order valence-corrected chi connectivity index (χ1v) is 10.0. The van der Waals surface area contributed by atoms with Crippen molar-refractivity contribution in [1.82, 2.24) is 15.0 Å². The van der Waals surface area contributed by atoms with Crippen molar-refractivity contribution in [3.8, 4) is 0 Å². The van der Waals surface area contributed by atoms with Gasteiger partial charge in [-0.1, -0.05) is 23.7 Å². The van der Waals surface area contributed by atoms with Gasteiger partial charge >= 0.3 is 0 Å². The summed E-state index contributed by atoms with van der Waals surface area (Å²) in [7, 11) is 0. The van der Waals surface area contributed by atoms with Crippen LogP contribution in [0.25, 0.3) is 11.0 Å². The maximum Gasteiger partial charge on any atom is 0.262 e. The van der Waals surface area contributed by atoms with Crippen LogP contribution in [-0.2, 0) is 11.2 Å². The molecular formula is C21H19ClN4O3. The van der Waals surface area contributed by atoms with Gasteiger partial charge in [0.1, 0.15) is 0 Å². The van der Waals surface area contributed by atoms with E-state index in [0.29, 0.717) is 66.7 Å². The van der Waals surface area contributed by atoms with E-state index in [-0.39, 0.29) is 17.3 Å². The molecule has 1 aliphatic carbocycles. The minimum Gasteiger partial charge on any atom is -0.378 e. The molecule has 1 atom stereocenters. The largest absolute Gasteiger partial charge is 0.378 e. The number of nitrogens with one attached hydrogen (secondary N) is 1. The number of ketones is 1. The number of fused-ring (bicyclic) bond motifs is 3. The lowest BCUT2D eigenvalue weighted by atomic mass is 9.79. The minimum atomic E-state index is -0.264. The number of ether oxygens (including phenoxy) is 1. The van der Waals surface area contributed by atoms with Gasteiger partial charge in [0.2, 0.25) is 5.95 Å². The van der Waals surface area contributed by atoms with Crippen molar-refractivity contribution in [3.05, 3.63) is 62.5 Å². The van der Waals surface area contributed by atoms with Gasteiger partial charge in [0.15, 0.2) is 11.4 Å². The summed E-state index contributed by atoms with van der Waals surface area (Å²) in [5.74, 6) is 0.451. The summed E-state index contributed by atoms with van der Waals surface area (Å²) < 4.78 is 5.36. The van der Waals surface area contributed by atoms with Crippen LogP contribution in [0, 0.1) is 0 Å². The molecule has 3 aromatic rings. The zero-order chi connectivity index (χ0) is 20.0. The van der Waals surface area contributed by atoms with Crippen LogP contribution in [0.3, 0.4) is 0 Å². The van der Waals surface area contributed by atoms with E-state index in [4.69, 9.17) is 16.3 Å². The van der Waals surface area contributed by atoms with E-state index in [1.165, 1.54) is 0 Å². The third kappa shape index (κ3) is 3.30. The predicted molar refractivity (Wildman–Crippen MR) is 110 cm³/mol. The van der Waals surface area contributed by atoms with E-state index < -0.39 is 0 Å². The molecule has 1 unspecified atom stereocenters. The second-order valence-corrected chi connectivity index (χ2v) is 7.86. The molecule has 0 saturated carbocycles. The smallest absolute Gasteiger partial charge is 0.262 e. The Morgan fingerprint density at radius 1 is 1.17 bits per heavy atom. The average molecular weight is 411 g/mol. The van der Waals surface area contributed by atoms with Crippen LogP contribution in [0.2, 0.25) is 5.02 Å². The number of benzene rings is 1. The highest BCUT2D eigenvalue weighted by molar-refractivity contribution is 6.30. The van der Waals surface area contributed by atoms with Crippen molar-refractivity contribution in [3.63, 3.8) is 0 Å². The number of carbonyl (C=O) groups is 1. The molecule has 1 aromatic carbocycles. The van der Waals surface area contributed by atoms with Crippen molar-refractivity contribution < 1.29 is 9.53 Å². The van der Waals surface area contributed by atoms with Gasteiger partial charge in [-0.05, 0) is 35.6 Å². The monoisotopic (exact) mass is 410 g/mol. The summed E-state index contributed by atoms with van der Waals surface area (Å²) in [6.45, 7) is 2.51. The van der Waals surface area contributed by atoms with Gasteiger partial charge < -0.3 is 9.64 Å². The number of morpholine rings is 1. The van der Waals surface area contributed by atoms with Gasteiger partial charge in [0, 0.05) is 36.3 Å². The van der Waals surface area contributed by atoms with E-state index >= 15 is 0 Å². The molecule has 2 aromatic heterocycles. The molecule has 3 heterocycles. The first-order valence-electron chi connectivity index (χ1n) is 9.63. The van der Waals surface area contributed by atoms with Crippen LogP contribution in [0.15, 0.2) is 35.3 Å². The maximum atomic E-state index is 13.0. The Labute approximate surface area is 171 Å². The number of carbonyl (C=O) groups excluding carboxylic acids is 1. The summed E-state index contributed by atoms with van der Waals surface area (Å²) in [5.41, 5.74) is 2.34. The molecule has 5 rings (SSSR count). The number of rotatable bonds is 2. The number of aromatic nitrogens is 3. The Balaban J connectivity index is 1.60. The van der Waals surface area contributed by atoms with Gasteiger partial charge in [0.05, 0.1) is 18.6 Å². The highest BCUT2D eigenvalue weighted by Gasteiger charge is 2.30. The minimum absolute atomic E-state index is 0.0118. The number of nitrogens with zero attached hydrogens (tertiary/aromatic N) is 3. The van der Waals surface area contributed by atoms with Gasteiger partial charge in [-0.3, -0.25) is 14.6 Å². The Morgan fingerprint density at radius 3 is 2.79 bits per heavy atom. The second-order valence-electron chi connectivity index (χ2n) is 7.42. The Morgan fingerprint density at radius 2 is 2.00 bits per heavy atom. The molecule has 0 spiro atoms. The number of hydrogen-bond acceptors (Lipinski definition) is 6. The van der Waals surface area contributed by atoms with Crippen molar-refractivity contribution in [2.24, 2.45) is 0 Å². The van der Waals surface area contributed by atoms with Crippen LogP contribution in [-0.4, -0.2) is 47.0 Å². The van der Waals surface area contributed by atoms with Crippen LogP contribution >= 0.6 is 11.6 Å². The molecule has 1 N–H and O–H groups in total. The van der Waals surface area contributed by atoms with E-state index in [1.807, 2.05) is 29.2 Å². The lowest BCUT2D eigenvalue weighted by Crippen LogP contribution is -2.38. The van der Waals surface area contributed by atoms with Crippen LogP contribution in [0.4, 0.5) is 5.95 Å². The fourth-order valence-electron chi connectivity index (χ4n) is 4.18. The summed E-state index contributed by atoms with van der Waals surface area (Å²) in [6.07, 6.45) is 2.50. The normalized spacial score (nSPS) is 19.4. The highest BCUT2D eigenvalue weighted by Crippen LogP contribution is 2.35. The second kappa shape index (κ2) is 7.24. The standard InChI is InChI=1S/C21H19ClN4O3/c22-14-3-1-2-12(8-14)13-9-15-16(17(27)10-13)11-23-19-18(15)20(28)25-21(24-19)26-4-6-29-7-5-26/h1-3,8,11,13H,4-7,9-10H2,(H,23,24,25,28). The first-order chi connectivity index (χ1) is 14.1. The van der Waals surface area contributed by atoms with Gasteiger partial charge in [-0.2, -0.15) is 4.98 Å². The molecule has 7 nitrogen and oxygen atoms in total. The van der Waals surface area contributed by atoms with Crippen LogP contribution in [0.1, 0.15) is 33.8 Å². The molecule has 0 bridgehead atoms. The number of H-pyrrole nitrogens is 1. The molecule has 1 aliphatic heterocycles. The van der Waals surface area contributed by atoms with E-state index in [0.717, 1.165) is 11.1 Å². The maximum absolute atomic E-state index is 13.0. The lowest BCUT2D eigenvalue weighted by Gasteiger charge is -2.28. The molecular weight excluding hydrogens is 392 g/mol. The first kappa shape index (κ1) is 18.3. The van der Waals surface area contributed by atoms with Gasteiger partial charge in [0.25, 0.3) is 5.56 Å². The topological polar surface area (TPSA) is 88.2 Å².